The highest BCUT2D eigenvalue weighted by atomic mass is 16.3. The van der Waals surface area contributed by atoms with E-state index in [0.717, 1.165) is 16.6 Å². The highest BCUT2D eigenvalue weighted by molar-refractivity contribution is 5.97. The predicted octanol–water partition coefficient (Wildman–Crippen LogP) is 3.60. The predicted molar refractivity (Wildman–Crippen MR) is 103 cm³/mol. The van der Waals surface area contributed by atoms with Gasteiger partial charge in [-0.05, 0) is 30.5 Å². The number of nitrogens with zero attached hydrogens (tertiary/aromatic N) is 2. The van der Waals surface area contributed by atoms with Gasteiger partial charge in [-0.2, -0.15) is 0 Å². The maximum Gasteiger partial charge on any atom is 0.253 e. The van der Waals surface area contributed by atoms with E-state index in [4.69, 9.17) is 0 Å². The molecule has 2 aromatic heterocycles. The first-order chi connectivity index (χ1) is 12.5. The summed E-state index contributed by atoms with van der Waals surface area (Å²) in [5.41, 5.74) is 1.20. The van der Waals surface area contributed by atoms with Crippen molar-refractivity contribution in [2.24, 2.45) is 7.05 Å². The third kappa shape index (κ3) is 3.35. The van der Waals surface area contributed by atoms with Gasteiger partial charge >= 0.3 is 0 Å². The standard InChI is InChI=1S/C21H25N3O2/c1-4-21(26,5-2)18(15-9-7-6-8-10-15)23-20(25)17-13-16-11-12-24(3)19(16)22-14-17/h6-14,18,26H,4-5H2,1-3H3,(H,23,25). The highest BCUT2D eigenvalue weighted by Gasteiger charge is 2.35. The molecule has 0 spiro atoms. The molecule has 1 aromatic carbocycles. The van der Waals surface area contributed by atoms with Gasteiger partial charge in [0.25, 0.3) is 5.91 Å². The van der Waals surface area contributed by atoms with Gasteiger partial charge in [0, 0.05) is 24.8 Å². The molecule has 3 rings (SSSR count). The largest absolute Gasteiger partial charge is 0.387 e. The van der Waals surface area contributed by atoms with Crippen LogP contribution in [-0.4, -0.2) is 26.2 Å². The van der Waals surface area contributed by atoms with Crippen molar-refractivity contribution in [3.05, 3.63) is 66.0 Å². The van der Waals surface area contributed by atoms with E-state index in [0.29, 0.717) is 18.4 Å². The lowest BCUT2D eigenvalue weighted by Gasteiger charge is -2.35. The third-order valence-electron chi connectivity index (χ3n) is 5.14. The molecule has 0 bridgehead atoms. The first kappa shape index (κ1) is 18.1. The van der Waals surface area contributed by atoms with Crippen LogP contribution in [-0.2, 0) is 7.05 Å². The van der Waals surface area contributed by atoms with Gasteiger partial charge in [-0.15, -0.1) is 0 Å². The minimum Gasteiger partial charge on any atom is -0.387 e. The molecule has 26 heavy (non-hydrogen) atoms. The number of aliphatic hydroxyl groups is 1. The Kier molecular flexibility index (Phi) is 5.09. The summed E-state index contributed by atoms with van der Waals surface area (Å²) in [5, 5.41) is 15.0. The van der Waals surface area contributed by atoms with E-state index in [1.807, 2.05) is 74.1 Å². The Bertz CT molecular complexity index is 898. The molecular weight excluding hydrogens is 326 g/mol. The zero-order valence-electron chi connectivity index (χ0n) is 15.4. The van der Waals surface area contributed by atoms with E-state index in [1.54, 1.807) is 6.20 Å². The van der Waals surface area contributed by atoms with Gasteiger partial charge in [-0.25, -0.2) is 4.98 Å². The van der Waals surface area contributed by atoms with Crippen LogP contribution in [0.1, 0.15) is 48.7 Å². The SMILES string of the molecule is CCC(O)(CC)C(NC(=O)c1cnc2c(ccn2C)c1)c1ccccc1. The second-order valence-corrected chi connectivity index (χ2v) is 6.69. The van der Waals surface area contributed by atoms with Crippen LogP contribution >= 0.6 is 0 Å². The molecule has 2 N–H and O–H groups in total. The molecule has 3 aromatic rings. The lowest BCUT2D eigenvalue weighted by atomic mass is 9.84. The van der Waals surface area contributed by atoms with Gasteiger partial charge in [0.15, 0.2) is 0 Å². The van der Waals surface area contributed by atoms with Gasteiger partial charge in [-0.1, -0.05) is 44.2 Å². The van der Waals surface area contributed by atoms with E-state index in [1.165, 1.54) is 0 Å². The number of rotatable bonds is 6. The van der Waals surface area contributed by atoms with Crippen molar-refractivity contribution in [1.29, 1.82) is 0 Å². The molecule has 0 saturated heterocycles. The molecule has 0 fully saturated rings. The number of hydrogen-bond acceptors (Lipinski definition) is 3. The molecule has 1 amide bonds. The molecule has 5 nitrogen and oxygen atoms in total. The molecule has 5 heteroatoms. The number of hydrogen-bond donors (Lipinski definition) is 2. The van der Waals surface area contributed by atoms with Crippen molar-refractivity contribution in [3.8, 4) is 0 Å². The summed E-state index contributed by atoms with van der Waals surface area (Å²) in [6.07, 6.45) is 4.58. The first-order valence-corrected chi connectivity index (χ1v) is 8.97. The van der Waals surface area contributed by atoms with Crippen LogP contribution in [0.3, 0.4) is 0 Å². The lowest BCUT2D eigenvalue weighted by molar-refractivity contribution is -0.00600. The molecule has 1 unspecified atom stereocenters. The van der Waals surface area contributed by atoms with Crippen LogP contribution in [0.2, 0.25) is 0 Å². The second kappa shape index (κ2) is 7.30. The molecule has 0 saturated carbocycles. The molecule has 0 radical (unpaired) electrons. The Morgan fingerprint density at radius 1 is 1.23 bits per heavy atom. The van der Waals surface area contributed by atoms with Gasteiger partial charge in [-0.3, -0.25) is 4.79 Å². The zero-order chi connectivity index (χ0) is 18.7. The average molecular weight is 351 g/mol. The van der Waals surface area contributed by atoms with E-state index < -0.39 is 11.6 Å². The quantitative estimate of drug-likeness (QED) is 0.713. The lowest BCUT2D eigenvalue weighted by Crippen LogP contribution is -2.45. The summed E-state index contributed by atoms with van der Waals surface area (Å²) in [6, 6.07) is 12.9. The molecule has 2 heterocycles. The topological polar surface area (TPSA) is 67.2 Å². The number of pyridine rings is 1. The molecule has 0 aliphatic carbocycles. The molecule has 0 aliphatic heterocycles. The van der Waals surface area contributed by atoms with Crippen molar-refractivity contribution in [2.75, 3.05) is 0 Å². The Morgan fingerprint density at radius 2 is 1.92 bits per heavy atom. The van der Waals surface area contributed by atoms with Crippen LogP contribution in [0.25, 0.3) is 11.0 Å². The molecule has 136 valence electrons. The molecule has 0 aliphatic rings. The van der Waals surface area contributed by atoms with Crippen molar-refractivity contribution in [1.82, 2.24) is 14.9 Å². The fraction of sp³-hybridized carbons (Fsp3) is 0.333. The van der Waals surface area contributed by atoms with Gasteiger partial charge in [0.05, 0.1) is 17.2 Å². The van der Waals surface area contributed by atoms with Crippen LogP contribution in [0.4, 0.5) is 0 Å². The molecule has 1 atom stereocenters. The number of aryl methyl sites for hydroxylation is 1. The maximum absolute atomic E-state index is 12.9. The van der Waals surface area contributed by atoms with Crippen LogP contribution in [0.15, 0.2) is 54.9 Å². The Morgan fingerprint density at radius 3 is 2.58 bits per heavy atom. The summed E-state index contributed by atoms with van der Waals surface area (Å²) in [7, 11) is 1.92. The Balaban J connectivity index is 1.93. The number of amides is 1. The average Bonchev–Trinajstić information content (AvgIpc) is 3.06. The van der Waals surface area contributed by atoms with Crippen molar-refractivity contribution in [2.45, 2.75) is 38.3 Å². The molecular formula is C21H25N3O2. The van der Waals surface area contributed by atoms with Crippen molar-refractivity contribution >= 4 is 16.9 Å². The maximum atomic E-state index is 12.9. The number of aromatic nitrogens is 2. The fourth-order valence-electron chi connectivity index (χ4n) is 3.32. The number of nitrogens with one attached hydrogen (secondary N) is 1. The Hall–Kier alpha value is -2.66. The van der Waals surface area contributed by atoms with Gasteiger partial charge in [0.2, 0.25) is 0 Å². The smallest absolute Gasteiger partial charge is 0.253 e. The van der Waals surface area contributed by atoms with Gasteiger partial charge in [0.1, 0.15) is 5.65 Å². The summed E-state index contributed by atoms with van der Waals surface area (Å²) < 4.78 is 1.91. The number of carbonyl (C=O) groups excluding carboxylic acids is 1. The monoisotopic (exact) mass is 351 g/mol. The minimum atomic E-state index is -1.01. The van der Waals surface area contributed by atoms with Crippen LogP contribution < -0.4 is 5.32 Å². The zero-order valence-corrected chi connectivity index (χ0v) is 15.4. The van der Waals surface area contributed by atoms with Gasteiger partial charge < -0.3 is 15.0 Å². The summed E-state index contributed by atoms with van der Waals surface area (Å²) in [5.74, 6) is -0.238. The number of fused-ring (bicyclic) bond motifs is 1. The van der Waals surface area contributed by atoms with Crippen LogP contribution in [0.5, 0.6) is 0 Å². The van der Waals surface area contributed by atoms with E-state index >= 15 is 0 Å². The third-order valence-corrected chi connectivity index (χ3v) is 5.14. The number of carbonyl (C=O) groups is 1. The van der Waals surface area contributed by atoms with E-state index in [2.05, 4.69) is 10.3 Å². The normalized spacial score (nSPS) is 12.9. The number of benzene rings is 1. The second-order valence-electron chi connectivity index (χ2n) is 6.69. The van der Waals surface area contributed by atoms with Crippen molar-refractivity contribution in [3.63, 3.8) is 0 Å². The minimum absolute atomic E-state index is 0.238. The van der Waals surface area contributed by atoms with Crippen molar-refractivity contribution < 1.29 is 9.90 Å². The Labute approximate surface area is 153 Å². The fourth-order valence-corrected chi connectivity index (χ4v) is 3.32. The first-order valence-electron chi connectivity index (χ1n) is 8.97. The summed E-state index contributed by atoms with van der Waals surface area (Å²) >= 11 is 0. The van der Waals surface area contributed by atoms with E-state index in [9.17, 15) is 9.90 Å². The summed E-state index contributed by atoms with van der Waals surface area (Å²) in [6.45, 7) is 3.87. The van der Waals surface area contributed by atoms with Crippen LogP contribution in [0, 0.1) is 0 Å². The highest BCUT2D eigenvalue weighted by Crippen LogP contribution is 2.32. The summed E-state index contributed by atoms with van der Waals surface area (Å²) in [4.78, 5) is 17.3. The van der Waals surface area contributed by atoms with E-state index in [-0.39, 0.29) is 5.91 Å².